The van der Waals surface area contributed by atoms with Crippen molar-refractivity contribution >= 4 is 31.5 Å². The standard InChI is InChI=1S/C46H30N2S/c1-4-14-31(15-5-1)34-20-12-21-35(26-34)46-47-42(33-18-8-3-9-19-33)30-43(48-46)38-28-36(32-16-6-2-7-17-32)27-37(29-38)39-23-13-24-41-40-22-10-11-25-44(40)49-45(39)41/h1-30H. The van der Waals surface area contributed by atoms with E-state index in [0.717, 1.165) is 39.2 Å². The lowest BCUT2D eigenvalue weighted by atomic mass is 9.94. The Morgan fingerprint density at radius 2 is 0.837 bits per heavy atom. The van der Waals surface area contributed by atoms with Crippen molar-refractivity contribution in [3.63, 3.8) is 0 Å². The molecule has 0 N–H and O–H groups in total. The number of fused-ring (bicyclic) bond motifs is 3. The summed E-state index contributed by atoms with van der Waals surface area (Å²) in [6.07, 6.45) is 0. The van der Waals surface area contributed by atoms with Gasteiger partial charge in [0.05, 0.1) is 11.4 Å². The van der Waals surface area contributed by atoms with Crippen molar-refractivity contribution in [2.75, 3.05) is 0 Å². The van der Waals surface area contributed by atoms with Crippen LogP contribution in [0.5, 0.6) is 0 Å². The number of thiophene rings is 1. The van der Waals surface area contributed by atoms with Crippen LogP contribution in [0.25, 0.3) is 87.5 Å². The van der Waals surface area contributed by atoms with E-state index in [1.807, 2.05) is 23.5 Å². The highest BCUT2D eigenvalue weighted by molar-refractivity contribution is 7.26. The second-order valence-electron chi connectivity index (χ2n) is 12.2. The lowest BCUT2D eigenvalue weighted by Gasteiger charge is -2.14. The first-order chi connectivity index (χ1) is 24.3. The smallest absolute Gasteiger partial charge is 0.160 e. The molecule has 0 radical (unpaired) electrons. The highest BCUT2D eigenvalue weighted by atomic mass is 32.1. The van der Waals surface area contributed by atoms with Gasteiger partial charge >= 0.3 is 0 Å². The fourth-order valence-corrected chi connectivity index (χ4v) is 7.89. The average molecular weight is 643 g/mol. The fraction of sp³-hybridized carbons (Fsp3) is 0. The molecule has 0 saturated carbocycles. The fourth-order valence-electron chi connectivity index (χ4n) is 6.65. The molecule has 230 valence electrons. The second-order valence-corrected chi connectivity index (χ2v) is 13.3. The minimum atomic E-state index is 0.701. The summed E-state index contributed by atoms with van der Waals surface area (Å²) in [5.41, 5.74) is 11.9. The van der Waals surface area contributed by atoms with E-state index in [1.54, 1.807) is 0 Å². The maximum Gasteiger partial charge on any atom is 0.160 e. The van der Waals surface area contributed by atoms with Gasteiger partial charge in [-0.05, 0) is 69.8 Å². The predicted molar refractivity (Wildman–Crippen MR) is 208 cm³/mol. The molecule has 2 aromatic heterocycles. The number of aromatic nitrogens is 2. The Labute approximate surface area is 289 Å². The molecular weight excluding hydrogens is 613 g/mol. The molecule has 0 aliphatic heterocycles. The number of benzene rings is 7. The van der Waals surface area contributed by atoms with E-state index in [9.17, 15) is 0 Å². The quantitative estimate of drug-likeness (QED) is 0.180. The minimum absolute atomic E-state index is 0.701. The lowest BCUT2D eigenvalue weighted by molar-refractivity contribution is 1.18. The monoisotopic (exact) mass is 642 g/mol. The summed E-state index contributed by atoms with van der Waals surface area (Å²) in [5.74, 6) is 0.701. The molecule has 0 aliphatic carbocycles. The normalized spacial score (nSPS) is 11.3. The van der Waals surface area contributed by atoms with Gasteiger partial charge in [-0.1, -0.05) is 146 Å². The molecule has 9 rings (SSSR count). The molecule has 0 atom stereocenters. The van der Waals surface area contributed by atoms with Crippen molar-refractivity contribution in [2.24, 2.45) is 0 Å². The van der Waals surface area contributed by atoms with Crippen molar-refractivity contribution in [3.05, 3.63) is 182 Å². The second kappa shape index (κ2) is 12.5. The first-order valence-electron chi connectivity index (χ1n) is 16.5. The molecule has 0 saturated heterocycles. The van der Waals surface area contributed by atoms with Crippen molar-refractivity contribution in [1.29, 1.82) is 0 Å². The molecule has 2 heterocycles. The number of hydrogen-bond donors (Lipinski definition) is 0. The SMILES string of the molecule is c1ccc(-c2cccc(-c3nc(-c4ccccc4)cc(-c4cc(-c5ccccc5)cc(-c5cccc6c5sc5ccccc56)c4)n3)c2)cc1. The Hall–Kier alpha value is -6.16. The van der Waals surface area contributed by atoms with E-state index in [2.05, 4.69) is 170 Å². The Kier molecular flexibility index (Phi) is 7.38. The van der Waals surface area contributed by atoms with E-state index >= 15 is 0 Å². The van der Waals surface area contributed by atoms with Gasteiger partial charge in [0.15, 0.2) is 5.82 Å². The van der Waals surface area contributed by atoms with Gasteiger partial charge in [0, 0.05) is 36.9 Å². The molecule has 49 heavy (non-hydrogen) atoms. The van der Waals surface area contributed by atoms with Gasteiger partial charge in [-0.3, -0.25) is 0 Å². The maximum atomic E-state index is 5.29. The van der Waals surface area contributed by atoms with Crippen LogP contribution >= 0.6 is 11.3 Å². The summed E-state index contributed by atoms with van der Waals surface area (Å²) in [7, 11) is 0. The van der Waals surface area contributed by atoms with Crippen LogP contribution in [0.3, 0.4) is 0 Å². The summed E-state index contributed by atoms with van der Waals surface area (Å²) < 4.78 is 2.60. The van der Waals surface area contributed by atoms with E-state index < -0.39 is 0 Å². The van der Waals surface area contributed by atoms with Crippen LogP contribution in [0.2, 0.25) is 0 Å². The van der Waals surface area contributed by atoms with Gasteiger partial charge in [0.1, 0.15) is 0 Å². The van der Waals surface area contributed by atoms with Crippen LogP contribution in [0.1, 0.15) is 0 Å². The first-order valence-corrected chi connectivity index (χ1v) is 17.3. The third kappa shape index (κ3) is 5.61. The van der Waals surface area contributed by atoms with Crippen LogP contribution < -0.4 is 0 Å². The molecule has 0 fully saturated rings. The van der Waals surface area contributed by atoms with E-state index in [-0.39, 0.29) is 0 Å². The zero-order valence-electron chi connectivity index (χ0n) is 26.6. The maximum absolute atomic E-state index is 5.29. The zero-order valence-corrected chi connectivity index (χ0v) is 27.4. The van der Waals surface area contributed by atoms with Crippen LogP contribution in [0.4, 0.5) is 0 Å². The summed E-state index contributed by atoms with van der Waals surface area (Å²) >= 11 is 1.86. The third-order valence-electron chi connectivity index (χ3n) is 9.07. The van der Waals surface area contributed by atoms with Crippen LogP contribution in [-0.4, -0.2) is 9.97 Å². The number of hydrogen-bond acceptors (Lipinski definition) is 3. The van der Waals surface area contributed by atoms with Crippen LogP contribution in [-0.2, 0) is 0 Å². The van der Waals surface area contributed by atoms with Gasteiger partial charge in [-0.2, -0.15) is 0 Å². The Bertz CT molecular complexity index is 2590. The Morgan fingerprint density at radius 1 is 0.327 bits per heavy atom. The molecule has 0 unspecified atom stereocenters. The molecule has 7 aromatic carbocycles. The molecule has 3 heteroatoms. The molecule has 0 amide bonds. The molecule has 9 aromatic rings. The summed E-state index contributed by atoms with van der Waals surface area (Å²) in [4.78, 5) is 10.4. The van der Waals surface area contributed by atoms with Gasteiger partial charge in [-0.15, -0.1) is 11.3 Å². The zero-order chi connectivity index (χ0) is 32.6. The van der Waals surface area contributed by atoms with Gasteiger partial charge in [0.25, 0.3) is 0 Å². The van der Waals surface area contributed by atoms with Crippen molar-refractivity contribution in [1.82, 2.24) is 9.97 Å². The summed E-state index contributed by atoms with van der Waals surface area (Å²) in [6, 6.07) is 64.4. The molecule has 0 aliphatic rings. The summed E-state index contributed by atoms with van der Waals surface area (Å²) in [6.45, 7) is 0. The van der Waals surface area contributed by atoms with Crippen molar-refractivity contribution in [3.8, 4) is 67.3 Å². The molecular formula is C46H30N2S. The highest BCUT2D eigenvalue weighted by Gasteiger charge is 2.16. The van der Waals surface area contributed by atoms with Crippen LogP contribution in [0.15, 0.2) is 182 Å². The minimum Gasteiger partial charge on any atom is -0.228 e. The van der Waals surface area contributed by atoms with Crippen molar-refractivity contribution in [2.45, 2.75) is 0 Å². The Morgan fingerprint density at radius 3 is 1.59 bits per heavy atom. The van der Waals surface area contributed by atoms with Gasteiger partial charge in [0.2, 0.25) is 0 Å². The summed E-state index contributed by atoms with van der Waals surface area (Å²) in [5, 5.41) is 2.59. The topological polar surface area (TPSA) is 25.8 Å². The van der Waals surface area contributed by atoms with Gasteiger partial charge < -0.3 is 0 Å². The van der Waals surface area contributed by atoms with Crippen LogP contribution in [0, 0.1) is 0 Å². The molecule has 0 spiro atoms. The lowest BCUT2D eigenvalue weighted by Crippen LogP contribution is -1.97. The number of rotatable bonds is 6. The Balaban J connectivity index is 1.27. The van der Waals surface area contributed by atoms with Crippen molar-refractivity contribution < 1.29 is 0 Å². The first kappa shape index (κ1) is 29.0. The third-order valence-corrected chi connectivity index (χ3v) is 10.3. The molecule has 2 nitrogen and oxygen atoms in total. The predicted octanol–water partition coefficient (Wildman–Crippen LogP) is 12.8. The van der Waals surface area contributed by atoms with E-state index in [1.165, 1.54) is 42.4 Å². The largest absolute Gasteiger partial charge is 0.228 e. The number of nitrogens with zero attached hydrogens (tertiary/aromatic N) is 2. The van der Waals surface area contributed by atoms with Gasteiger partial charge in [-0.25, -0.2) is 9.97 Å². The molecule has 0 bridgehead atoms. The average Bonchev–Trinajstić information content (AvgIpc) is 3.58. The highest BCUT2D eigenvalue weighted by Crippen LogP contribution is 2.42. The van der Waals surface area contributed by atoms with E-state index in [4.69, 9.17) is 9.97 Å². The van der Waals surface area contributed by atoms with E-state index in [0.29, 0.717) is 5.82 Å².